The Morgan fingerprint density at radius 3 is 2.17 bits per heavy atom. The predicted octanol–water partition coefficient (Wildman–Crippen LogP) is 1.72. The normalized spacial score (nSPS) is 11.5. The highest BCUT2D eigenvalue weighted by Gasteiger charge is 2.00. The first-order valence-corrected chi connectivity index (χ1v) is 5.08. The molecule has 0 aliphatic carbocycles. The molecule has 0 aromatic heterocycles. The Balaban J connectivity index is 3.17. The fraction of sp³-hybridized carbons (Fsp3) is 1.00. The maximum absolute atomic E-state index is 3.55. The average molecular weight is 172 g/mol. The van der Waals surface area contributed by atoms with Gasteiger partial charge in [-0.2, -0.15) is 0 Å². The molecule has 0 saturated carbocycles. The maximum atomic E-state index is 3.55. The Morgan fingerprint density at radius 2 is 1.75 bits per heavy atom. The zero-order chi connectivity index (χ0) is 9.40. The smallest absolute Gasteiger partial charge is 0.00618 e. The molecule has 12 heavy (non-hydrogen) atoms. The SMILES string of the molecule is CCC(CC)NCCCN(C)C. The number of rotatable bonds is 7. The Kier molecular flexibility index (Phi) is 7.51. The molecular formula is C10H24N2. The van der Waals surface area contributed by atoms with Crippen LogP contribution in [0.25, 0.3) is 0 Å². The van der Waals surface area contributed by atoms with Crippen molar-refractivity contribution in [3.63, 3.8) is 0 Å². The summed E-state index contributed by atoms with van der Waals surface area (Å²) in [4.78, 5) is 2.23. The lowest BCUT2D eigenvalue weighted by Gasteiger charge is -2.15. The molecule has 0 unspecified atom stereocenters. The van der Waals surface area contributed by atoms with Gasteiger partial charge in [-0.3, -0.25) is 0 Å². The number of hydrogen-bond donors (Lipinski definition) is 1. The minimum atomic E-state index is 0.729. The fourth-order valence-corrected chi connectivity index (χ4v) is 1.28. The lowest BCUT2D eigenvalue weighted by atomic mass is 10.2. The van der Waals surface area contributed by atoms with E-state index in [0.717, 1.165) is 12.6 Å². The molecule has 0 saturated heterocycles. The van der Waals surface area contributed by atoms with Crippen molar-refractivity contribution in [1.29, 1.82) is 0 Å². The summed E-state index contributed by atoms with van der Waals surface area (Å²) in [5.41, 5.74) is 0. The van der Waals surface area contributed by atoms with Crippen molar-refractivity contribution in [2.75, 3.05) is 27.2 Å². The van der Waals surface area contributed by atoms with Crippen molar-refractivity contribution in [2.45, 2.75) is 39.2 Å². The van der Waals surface area contributed by atoms with Crippen molar-refractivity contribution in [1.82, 2.24) is 10.2 Å². The maximum Gasteiger partial charge on any atom is 0.00618 e. The molecule has 0 bridgehead atoms. The van der Waals surface area contributed by atoms with Crippen LogP contribution in [0.3, 0.4) is 0 Å². The molecular weight excluding hydrogens is 148 g/mol. The van der Waals surface area contributed by atoms with Crippen molar-refractivity contribution in [3.8, 4) is 0 Å². The molecule has 0 aliphatic heterocycles. The first kappa shape index (κ1) is 11.9. The Hall–Kier alpha value is -0.0800. The average Bonchev–Trinajstić information content (AvgIpc) is 2.04. The summed E-state index contributed by atoms with van der Waals surface area (Å²) in [5.74, 6) is 0. The molecule has 0 heterocycles. The molecule has 1 N–H and O–H groups in total. The van der Waals surface area contributed by atoms with E-state index in [1.807, 2.05) is 0 Å². The van der Waals surface area contributed by atoms with Gasteiger partial charge in [-0.25, -0.2) is 0 Å². The third-order valence-electron chi connectivity index (χ3n) is 2.20. The highest BCUT2D eigenvalue weighted by atomic mass is 15.1. The molecule has 0 radical (unpaired) electrons. The van der Waals surface area contributed by atoms with Gasteiger partial charge in [0.15, 0.2) is 0 Å². The van der Waals surface area contributed by atoms with Crippen LogP contribution in [0.15, 0.2) is 0 Å². The second-order valence-corrected chi connectivity index (χ2v) is 3.62. The standard InChI is InChI=1S/C10H24N2/c1-5-10(6-2)11-8-7-9-12(3)4/h10-11H,5-9H2,1-4H3. The lowest BCUT2D eigenvalue weighted by Crippen LogP contribution is -2.30. The van der Waals surface area contributed by atoms with E-state index in [1.165, 1.54) is 25.8 Å². The van der Waals surface area contributed by atoms with Gasteiger partial charge in [-0.15, -0.1) is 0 Å². The molecule has 0 aromatic rings. The second-order valence-electron chi connectivity index (χ2n) is 3.62. The van der Waals surface area contributed by atoms with Crippen LogP contribution in [0, 0.1) is 0 Å². The Morgan fingerprint density at radius 1 is 1.17 bits per heavy atom. The first-order valence-electron chi connectivity index (χ1n) is 5.08. The molecule has 0 aromatic carbocycles. The largest absolute Gasteiger partial charge is 0.314 e. The van der Waals surface area contributed by atoms with E-state index >= 15 is 0 Å². The summed E-state index contributed by atoms with van der Waals surface area (Å²) < 4.78 is 0. The van der Waals surface area contributed by atoms with E-state index < -0.39 is 0 Å². The van der Waals surface area contributed by atoms with Crippen LogP contribution >= 0.6 is 0 Å². The number of nitrogens with zero attached hydrogens (tertiary/aromatic N) is 1. The van der Waals surface area contributed by atoms with Gasteiger partial charge < -0.3 is 10.2 Å². The molecule has 0 atom stereocenters. The minimum absolute atomic E-state index is 0.729. The topological polar surface area (TPSA) is 15.3 Å². The summed E-state index contributed by atoms with van der Waals surface area (Å²) in [5, 5.41) is 3.55. The molecule has 74 valence electrons. The molecule has 2 nitrogen and oxygen atoms in total. The van der Waals surface area contributed by atoms with Crippen LogP contribution in [0.4, 0.5) is 0 Å². The van der Waals surface area contributed by atoms with Gasteiger partial charge in [0.2, 0.25) is 0 Å². The summed E-state index contributed by atoms with van der Waals surface area (Å²) >= 11 is 0. The van der Waals surface area contributed by atoms with Crippen LogP contribution < -0.4 is 5.32 Å². The summed E-state index contributed by atoms with van der Waals surface area (Å²) in [6, 6.07) is 0.729. The minimum Gasteiger partial charge on any atom is -0.314 e. The predicted molar refractivity (Wildman–Crippen MR) is 55.5 cm³/mol. The highest BCUT2D eigenvalue weighted by Crippen LogP contribution is 1.95. The highest BCUT2D eigenvalue weighted by molar-refractivity contribution is 4.62. The molecule has 0 fully saturated rings. The van der Waals surface area contributed by atoms with Gasteiger partial charge in [-0.05, 0) is 46.4 Å². The van der Waals surface area contributed by atoms with Crippen LogP contribution in [0.1, 0.15) is 33.1 Å². The van der Waals surface area contributed by atoms with Gasteiger partial charge >= 0.3 is 0 Å². The number of nitrogens with one attached hydrogen (secondary N) is 1. The monoisotopic (exact) mass is 172 g/mol. The molecule has 0 aliphatic rings. The van der Waals surface area contributed by atoms with Crippen molar-refractivity contribution < 1.29 is 0 Å². The zero-order valence-electron chi connectivity index (χ0n) is 9.06. The van der Waals surface area contributed by atoms with Gasteiger partial charge in [0.25, 0.3) is 0 Å². The van der Waals surface area contributed by atoms with Gasteiger partial charge in [0.1, 0.15) is 0 Å². The van der Waals surface area contributed by atoms with Gasteiger partial charge in [0.05, 0.1) is 0 Å². The van der Waals surface area contributed by atoms with E-state index in [4.69, 9.17) is 0 Å². The van der Waals surface area contributed by atoms with Crippen LogP contribution in [-0.4, -0.2) is 38.1 Å². The van der Waals surface area contributed by atoms with Gasteiger partial charge in [-0.1, -0.05) is 13.8 Å². The Bertz CT molecular complexity index is 87.8. The summed E-state index contributed by atoms with van der Waals surface area (Å²) in [7, 11) is 4.24. The Labute approximate surface area is 77.3 Å². The molecule has 0 spiro atoms. The molecule has 2 heteroatoms. The quantitative estimate of drug-likeness (QED) is 0.588. The van der Waals surface area contributed by atoms with Crippen LogP contribution in [0.2, 0.25) is 0 Å². The van der Waals surface area contributed by atoms with Crippen LogP contribution in [-0.2, 0) is 0 Å². The van der Waals surface area contributed by atoms with E-state index in [1.54, 1.807) is 0 Å². The molecule has 0 amide bonds. The zero-order valence-corrected chi connectivity index (χ0v) is 9.06. The van der Waals surface area contributed by atoms with E-state index in [0.29, 0.717) is 0 Å². The third kappa shape index (κ3) is 6.62. The van der Waals surface area contributed by atoms with E-state index in [-0.39, 0.29) is 0 Å². The van der Waals surface area contributed by atoms with E-state index in [2.05, 4.69) is 38.2 Å². The summed E-state index contributed by atoms with van der Waals surface area (Å²) in [6.45, 7) is 6.83. The first-order chi connectivity index (χ1) is 5.70. The molecule has 0 rings (SSSR count). The van der Waals surface area contributed by atoms with Gasteiger partial charge in [0, 0.05) is 6.04 Å². The second kappa shape index (κ2) is 7.56. The van der Waals surface area contributed by atoms with E-state index in [9.17, 15) is 0 Å². The summed E-state index contributed by atoms with van der Waals surface area (Å²) in [6.07, 6.45) is 3.75. The number of hydrogen-bond acceptors (Lipinski definition) is 2. The van der Waals surface area contributed by atoms with Crippen LogP contribution in [0.5, 0.6) is 0 Å². The lowest BCUT2D eigenvalue weighted by molar-refractivity contribution is 0.382. The van der Waals surface area contributed by atoms with Crippen molar-refractivity contribution in [3.05, 3.63) is 0 Å². The fourth-order valence-electron chi connectivity index (χ4n) is 1.28. The van der Waals surface area contributed by atoms with Crippen molar-refractivity contribution in [2.24, 2.45) is 0 Å². The van der Waals surface area contributed by atoms with Crippen molar-refractivity contribution >= 4 is 0 Å². The third-order valence-corrected chi connectivity index (χ3v) is 2.20.